The van der Waals surface area contributed by atoms with Gasteiger partial charge in [-0.05, 0) is 48.6 Å². The molecule has 0 N–H and O–H groups in total. The summed E-state index contributed by atoms with van der Waals surface area (Å²) in [7, 11) is 0. The molecule has 0 spiro atoms. The van der Waals surface area contributed by atoms with Crippen molar-refractivity contribution in [3.63, 3.8) is 0 Å². The highest BCUT2D eigenvalue weighted by atomic mass is 16.5. The fourth-order valence-electron chi connectivity index (χ4n) is 3.51. The maximum absolute atomic E-state index is 5.86. The smallest absolute Gasteiger partial charge is 0.119 e. The topological polar surface area (TPSA) is 22.1 Å². The molecule has 2 rings (SSSR count). The number of unbranched alkanes of at least 4 members (excludes halogenated alkanes) is 7. The number of hydrogen-bond acceptors (Lipinski definition) is 2. The summed E-state index contributed by atoms with van der Waals surface area (Å²) in [6.45, 7) is 7.54. The lowest BCUT2D eigenvalue weighted by Crippen LogP contribution is -2.01. The Hall–Kier alpha value is -1.83. The largest absolute Gasteiger partial charge is 0.494 e. The monoisotopic (exact) mass is 381 g/mol. The van der Waals surface area contributed by atoms with Crippen molar-refractivity contribution in [3.05, 3.63) is 59.4 Å². The van der Waals surface area contributed by atoms with E-state index in [2.05, 4.69) is 63.4 Å². The van der Waals surface area contributed by atoms with Crippen LogP contribution in [0.4, 0.5) is 0 Å². The quantitative estimate of drug-likeness (QED) is 0.313. The summed E-state index contributed by atoms with van der Waals surface area (Å²) in [5, 5.41) is 0. The zero-order valence-corrected chi connectivity index (χ0v) is 18.3. The van der Waals surface area contributed by atoms with Gasteiger partial charge in [-0.3, -0.25) is 4.98 Å². The van der Waals surface area contributed by atoms with Gasteiger partial charge in [-0.25, -0.2) is 0 Å². The molecular weight excluding hydrogens is 342 g/mol. The molecular formula is C26H39NO. The summed E-state index contributed by atoms with van der Waals surface area (Å²) in [5.41, 5.74) is 3.79. The molecule has 1 heterocycles. The van der Waals surface area contributed by atoms with Gasteiger partial charge in [-0.1, -0.05) is 83.9 Å². The van der Waals surface area contributed by atoms with Crippen LogP contribution < -0.4 is 4.74 Å². The highest BCUT2D eigenvalue weighted by Gasteiger charge is 2.10. The van der Waals surface area contributed by atoms with Crippen molar-refractivity contribution in [2.45, 2.75) is 90.9 Å². The maximum Gasteiger partial charge on any atom is 0.119 e. The zero-order chi connectivity index (χ0) is 20.0. The lowest BCUT2D eigenvalue weighted by atomic mass is 9.96. The van der Waals surface area contributed by atoms with Crippen molar-refractivity contribution in [2.24, 2.45) is 0 Å². The number of aromatic nitrogens is 1. The molecule has 2 aromatic rings. The normalized spacial score (nSPS) is 12.1. The van der Waals surface area contributed by atoms with Crippen molar-refractivity contribution in [1.29, 1.82) is 0 Å². The van der Waals surface area contributed by atoms with E-state index in [0.717, 1.165) is 30.9 Å². The third-order valence-corrected chi connectivity index (χ3v) is 5.51. The number of nitrogens with zero attached hydrogens (tertiary/aromatic N) is 1. The molecule has 2 nitrogen and oxygen atoms in total. The predicted octanol–water partition coefficient (Wildman–Crippen LogP) is 7.71. The molecule has 0 aliphatic rings. The highest BCUT2D eigenvalue weighted by molar-refractivity contribution is 5.33. The Morgan fingerprint density at radius 2 is 1.46 bits per heavy atom. The van der Waals surface area contributed by atoms with Gasteiger partial charge in [0, 0.05) is 17.8 Å². The molecule has 154 valence electrons. The average Bonchev–Trinajstić information content (AvgIpc) is 2.74. The van der Waals surface area contributed by atoms with Crippen LogP contribution in [-0.2, 0) is 6.42 Å². The van der Waals surface area contributed by atoms with E-state index in [1.807, 2.05) is 0 Å². The Kier molecular flexibility index (Phi) is 10.7. The fraction of sp³-hybridized carbons (Fsp3) is 0.577. The Morgan fingerprint density at radius 1 is 0.786 bits per heavy atom. The van der Waals surface area contributed by atoms with Crippen molar-refractivity contribution < 1.29 is 4.74 Å². The van der Waals surface area contributed by atoms with Crippen LogP contribution in [0.25, 0.3) is 0 Å². The molecule has 0 amide bonds. The first-order valence-electron chi connectivity index (χ1n) is 11.4. The first-order chi connectivity index (χ1) is 13.7. The van der Waals surface area contributed by atoms with Gasteiger partial charge in [0.25, 0.3) is 0 Å². The maximum atomic E-state index is 5.86. The van der Waals surface area contributed by atoms with Crippen LogP contribution in [0.1, 0.15) is 101 Å². The molecule has 1 unspecified atom stereocenters. The number of aryl methyl sites for hydroxylation is 1. The molecule has 0 fully saturated rings. The molecule has 2 heteroatoms. The Morgan fingerprint density at radius 3 is 2.11 bits per heavy atom. The summed E-state index contributed by atoms with van der Waals surface area (Å²) in [6, 6.07) is 13.0. The van der Waals surface area contributed by atoms with Gasteiger partial charge in [-0.2, -0.15) is 0 Å². The molecule has 0 aliphatic heterocycles. The van der Waals surface area contributed by atoms with Gasteiger partial charge < -0.3 is 4.74 Å². The SMILES string of the molecule is CCCCCCCc1ccc(C(C)c2ccc(OCCCCCC)cc2)nc1. The molecule has 0 bridgehead atoms. The molecule has 1 aromatic carbocycles. The molecule has 0 saturated carbocycles. The Balaban J connectivity index is 1.79. The first-order valence-corrected chi connectivity index (χ1v) is 11.4. The number of benzene rings is 1. The van der Waals surface area contributed by atoms with Crippen molar-refractivity contribution in [3.8, 4) is 5.75 Å². The van der Waals surface area contributed by atoms with Gasteiger partial charge in [0.15, 0.2) is 0 Å². The van der Waals surface area contributed by atoms with E-state index < -0.39 is 0 Å². The Bertz CT molecular complexity index is 575. The summed E-state index contributed by atoms with van der Waals surface area (Å²) < 4.78 is 5.86. The molecule has 1 aromatic heterocycles. The summed E-state index contributed by atoms with van der Waals surface area (Å²) in [4.78, 5) is 4.74. The highest BCUT2D eigenvalue weighted by Crippen LogP contribution is 2.25. The van der Waals surface area contributed by atoms with E-state index in [0.29, 0.717) is 5.92 Å². The minimum Gasteiger partial charge on any atom is -0.494 e. The van der Waals surface area contributed by atoms with Crippen LogP contribution in [0, 0.1) is 0 Å². The summed E-state index contributed by atoms with van der Waals surface area (Å²) in [6.07, 6.45) is 14.8. The summed E-state index contributed by atoms with van der Waals surface area (Å²) in [5.74, 6) is 1.27. The average molecular weight is 382 g/mol. The van der Waals surface area contributed by atoms with Crippen LogP contribution in [-0.4, -0.2) is 11.6 Å². The minimum atomic E-state index is 0.303. The van der Waals surface area contributed by atoms with E-state index in [-0.39, 0.29) is 0 Å². The van der Waals surface area contributed by atoms with Gasteiger partial charge >= 0.3 is 0 Å². The molecule has 0 radical (unpaired) electrons. The molecule has 1 atom stereocenters. The van der Waals surface area contributed by atoms with Crippen molar-refractivity contribution >= 4 is 0 Å². The van der Waals surface area contributed by atoms with Gasteiger partial charge in [0.1, 0.15) is 5.75 Å². The second-order valence-electron chi connectivity index (χ2n) is 7.96. The predicted molar refractivity (Wildman–Crippen MR) is 120 cm³/mol. The first kappa shape index (κ1) is 22.5. The van der Waals surface area contributed by atoms with E-state index in [4.69, 9.17) is 9.72 Å². The third kappa shape index (κ3) is 8.04. The number of rotatable bonds is 14. The second kappa shape index (κ2) is 13.4. The molecule has 0 saturated heterocycles. The lowest BCUT2D eigenvalue weighted by molar-refractivity contribution is 0.305. The number of hydrogen-bond donors (Lipinski definition) is 0. The Labute approximate surface area is 172 Å². The lowest BCUT2D eigenvalue weighted by Gasteiger charge is -2.13. The van der Waals surface area contributed by atoms with Crippen molar-refractivity contribution in [1.82, 2.24) is 4.98 Å². The minimum absolute atomic E-state index is 0.303. The standard InChI is InChI=1S/C26H39NO/c1-4-6-8-10-11-13-23-14-19-26(27-21-23)22(3)24-15-17-25(18-16-24)28-20-12-9-7-5-2/h14-19,21-22H,4-13,20H2,1-3H3. The van der Waals surface area contributed by atoms with E-state index in [1.54, 1.807) is 0 Å². The zero-order valence-electron chi connectivity index (χ0n) is 18.3. The van der Waals surface area contributed by atoms with Crippen LogP contribution in [0.3, 0.4) is 0 Å². The molecule has 0 aliphatic carbocycles. The number of pyridine rings is 1. The van der Waals surface area contributed by atoms with E-state index >= 15 is 0 Å². The van der Waals surface area contributed by atoms with Crippen LogP contribution in [0.15, 0.2) is 42.6 Å². The number of ether oxygens (including phenoxy) is 1. The van der Waals surface area contributed by atoms with E-state index in [9.17, 15) is 0 Å². The van der Waals surface area contributed by atoms with Crippen LogP contribution in [0.2, 0.25) is 0 Å². The third-order valence-electron chi connectivity index (χ3n) is 5.51. The summed E-state index contributed by atoms with van der Waals surface area (Å²) >= 11 is 0. The van der Waals surface area contributed by atoms with Gasteiger partial charge in [-0.15, -0.1) is 0 Å². The van der Waals surface area contributed by atoms with E-state index in [1.165, 1.54) is 62.5 Å². The molecule has 28 heavy (non-hydrogen) atoms. The fourth-order valence-corrected chi connectivity index (χ4v) is 3.51. The second-order valence-corrected chi connectivity index (χ2v) is 7.96. The van der Waals surface area contributed by atoms with Crippen LogP contribution >= 0.6 is 0 Å². The van der Waals surface area contributed by atoms with Crippen molar-refractivity contribution in [2.75, 3.05) is 6.61 Å². The van der Waals surface area contributed by atoms with Crippen LogP contribution in [0.5, 0.6) is 5.75 Å². The van der Waals surface area contributed by atoms with Gasteiger partial charge in [0.2, 0.25) is 0 Å². The van der Waals surface area contributed by atoms with Gasteiger partial charge in [0.05, 0.1) is 6.61 Å².